The lowest BCUT2D eigenvalue weighted by atomic mass is 9.96. The number of para-hydroxylation sites is 1. The first-order chi connectivity index (χ1) is 8.43. The standard InChI is InChI=1S/C16H15N/c1-2-9-14(10-3-1)17-16-12-6-8-13-7-4-5-11-15(13)16/h1-3,5-6,8-12,17H,4,7H2. The number of aryl methyl sites for hydroxylation is 1. The smallest absolute Gasteiger partial charge is 0.0460 e. The monoisotopic (exact) mass is 221 g/mol. The lowest BCUT2D eigenvalue weighted by molar-refractivity contribution is 0.986. The molecule has 1 nitrogen and oxygen atoms in total. The number of benzene rings is 2. The number of fused-ring (bicyclic) bond motifs is 1. The van der Waals surface area contributed by atoms with Gasteiger partial charge >= 0.3 is 0 Å². The second kappa shape index (κ2) is 4.46. The van der Waals surface area contributed by atoms with Gasteiger partial charge in [-0.2, -0.15) is 0 Å². The van der Waals surface area contributed by atoms with Crippen molar-refractivity contribution in [2.24, 2.45) is 0 Å². The van der Waals surface area contributed by atoms with E-state index in [2.05, 4.69) is 47.8 Å². The third kappa shape index (κ3) is 2.09. The number of allylic oxidation sites excluding steroid dienone is 1. The van der Waals surface area contributed by atoms with Crippen molar-refractivity contribution in [1.29, 1.82) is 0 Å². The minimum atomic E-state index is 1.14. The molecule has 2 aromatic carbocycles. The molecule has 0 radical (unpaired) electrons. The summed E-state index contributed by atoms with van der Waals surface area (Å²) in [6.07, 6.45) is 6.78. The Kier molecular flexibility index (Phi) is 2.66. The van der Waals surface area contributed by atoms with E-state index in [-0.39, 0.29) is 0 Å². The van der Waals surface area contributed by atoms with Crippen molar-refractivity contribution < 1.29 is 0 Å². The molecule has 84 valence electrons. The van der Waals surface area contributed by atoms with Gasteiger partial charge in [0.1, 0.15) is 0 Å². The Bertz CT molecular complexity index is 541. The van der Waals surface area contributed by atoms with Gasteiger partial charge in [-0.3, -0.25) is 0 Å². The number of hydrogen-bond donors (Lipinski definition) is 1. The number of nitrogens with one attached hydrogen (secondary N) is 1. The fourth-order valence-corrected chi connectivity index (χ4v) is 2.25. The predicted octanol–water partition coefficient (Wildman–Crippen LogP) is 4.39. The molecule has 3 rings (SSSR count). The number of hydrogen-bond acceptors (Lipinski definition) is 1. The van der Waals surface area contributed by atoms with Crippen molar-refractivity contribution >= 4 is 17.5 Å². The quantitative estimate of drug-likeness (QED) is 0.793. The average Bonchev–Trinajstić information content (AvgIpc) is 2.40. The van der Waals surface area contributed by atoms with Crippen LogP contribution in [-0.2, 0) is 6.42 Å². The Labute approximate surface area is 102 Å². The van der Waals surface area contributed by atoms with Gasteiger partial charge in [0.05, 0.1) is 0 Å². The van der Waals surface area contributed by atoms with Crippen molar-refractivity contribution in [1.82, 2.24) is 0 Å². The first-order valence-corrected chi connectivity index (χ1v) is 6.04. The minimum Gasteiger partial charge on any atom is -0.355 e. The third-order valence-corrected chi connectivity index (χ3v) is 3.11. The summed E-state index contributed by atoms with van der Waals surface area (Å²) in [5.74, 6) is 0. The first kappa shape index (κ1) is 10.2. The van der Waals surface area contributed by atoms with E-state index < -0.39 is 0 Å². The molecule has 0 saturated heterocycles. The van der Waals surface area contributed by atoms with Gasteiger partial charge in [-0.1, -0.05) is 42.5 Å². The van der Waals surface area contributed by atoms with Crippen LogP contribution in [0.1, 0.15) is 17.5 Å². The van der Waals surface area contributed by atoms with Gasteiger partial charge < -0.3 is 5.32 Å². The average molecular weight is 221 g/mol. The Hall–Kier alpha value is -2.02. The summed E-state index contributed by atoms with van der Waals surface area (Å²) in [7, 11) is 0. The van der Waals surface area contributed by atoms with Crippen LogP contribution in [-0.4, -0.2) is 0 Å². The van der Waals surface area contributed by atoms with Crippen LogP contribution in [0.3, 0.4) is 0 Å². The topological polar surface area (TPSA) is 12.0 Å². The maximum atomic E-state index is 3.48. The van der Waals surface area contributed by atoms with Crippen LogP contribution < -0.4 is 5.32 Å². The second-order valence-corrected chi connectivity index (χ2v) is 4.31. The SMILES string of the molecule is C1=Cc2c(cccc2Nc2ccccc2)CC1. The summed E-state index contributed by atoms with van der Waals surface area (Å²) in [5.41, 5.74) is 5.11. The van der Waals surface area contributed by atoms with Crippen LogP contribution in [0, 0.1) is 0 Å². The highest BCUT2D eigenvalue weighted by molar-refractivity contribution is 5.75. The molecule has 0 spiro atoms. The number of rotatable bonds is 2. The highest BCUT2D eigenvalue weighted by Crippen LogP contribution is 2.28. The minimum absolute atomic E-state index is 1.14. The van der Waals surface area contributed by atoms with Crippen LogP contribution in [0.25, 0.3) is 6.08 Å². The molecule has 0 amide bonds. The Morgan fingerprint density at radius 2 is 1.76 bits per heavy atom. The highest BCUT2D eigenvalue weighted by Gasteiger charge is 2.08. The third-order valence-electron chi connectivity index (χ3n) is 3.11. The molecule has 0 saturated carbocycles. The van der Waals surface area contributed by atoms with Crippen LogP contribution >= 0.6 is 0 Å². The van der Waals surface area contributed by atoms with Crippen LogP contribution in [0.4, 0.5) is 11.4 Å². The molecule has 1 N–H and O–H groups in total. The summed E-state index contributed by atoms with van der Waals surface area (Å²) in [5, 5.41) is 3.48. The molecule has 0 aliphatic heterocycles. The van der Waals surface area contributed by atoms with Crippen LogP contribution in [0.5, 0.6) is 0 Å². The lowest BCUT2D eigenvalue weighted by Gasteiger charge is -2.16. The molecule has 0 fully saturated rings. The largest absolute Gasteiger partial charge is 0.355 e. The fraction of sp³-hybridized carbons (Fsp3) is 0.125. The van der Waals surface area contributed by atoms with Gasteiger partial charge in [0.15, 0.2) is 0 Å². The van der Waals surface area contributed by atoms with Gasteiger partial charge in [0.25, 0.3) is 0 Å². The van der Waals surface area contributed by atoms with Gasteiger partial charge in [-0.15, -0.1) is 0 Å². The second-order valence-electron chi connectivity index (χ2n) is 4.31. The maximum absolute atomic E-state index is 3.48. The molecule has 1 aliphatic rings. The molecule has 0 unspecified atom stereocenters. The van der Waals surface area contributed by atoms with E-state index in [4.69, 9.17) is 0 Å². The molecule has 1 aliphatic carbocycles. The summed E-state index contributed by atoms with van der Waals surface area (Å²) in [6.45, 7) is 0. The van der Waals surface area contributed by atoms with Gasteiger partial charge in [-0.25, -0.2) is 0 Å². The molecule has 2 aromatic rings. The van der Waals surface area contributed by atoms with Crippen molar-refractivity contribution in [3.63, 3.8) is 0 Å². The van der Waals surface area contributed by atoms with E-state index >= 15 is 0 Å². The fourth-order valence-electron chi connectivity index (χ4n) is 2.25. The Morgan fingerprint density at radius 1 is 0.882 bits per heavy atom. The lowest BCUT2D eigenvalue weighted by Crippen LogP contribution is -1.99. The normalized spacial score (nSPS) is 13.2. The van der Waals surface area contributed by atoms with Crippen molar-refractivity contribution in [3.8, 4) is 0 Å². The Balaban J connectivity index is 1.97. The van der Waals surface area contributed by atoms with Crippen molar-refractivity contribution in [3.05, 3.63) is 65.7 Å². The molecule has 0 bridgehead atoms. The van der Waals surface area contributed by atoms with Crippen LogP contribution in [0.2, 0.25) is 0 Å². The number of anilines is 2. The molecule has 0 aromatic heterocycles. The molecule has 1 heteroatoms. The van der Waals surface area contributed by atoms with E-state index in [1.165, 1.54) is 16.8 Å². The van der Waals surface area contributed by atoms with Crippen molar-refractivity contribution in [2.45, 2.75) is 12.8 Å². The van der Waals surface area contributed by atoms with E-state index in [9.17, 15) is 0 Å². The van der Waals surface area contributed by atoms with Gasteiger partial charge in [0, 0.05) is 16.9 Å². The predicted molar refractivity (Wildman–Crippen MR) is 73.5 cm³/mol. The zero-order chi connectivity index (χ0) is 11.5. The highest BCUT2D eigenvalue weighted by atomic mass is 14.9. The molecular formula is C16H15N. The molecule has 17 heavy (non-hydrogen) atoms. The summed E-state index contributed by atoms with van der Waals surface area (Å²) < 4.78 is 0. The van der Waals surface area contributed by atoms with Crippen LogP contribution in [0.15, 0.2) is 54.6 Å². The summed E-state index contributed by atoms with van der Waals surface area (Å²) in [4.78, 5) is 0. The van der Waals surface area contributed by atoms with E-state index in [0.29, 0.717) is 0 Å². The summed E-state index contributed by atoms with van der Waals surface area (Å²) in [6, 6.07) is 16.8. The first-order valence-electron chi connectivity index (χ1n) is 6.04. The van der Waals surface area contributed by atoms with Gasteiger partial charge in [-0.05, 0) is 36.6 Å². The molecule has 0 atom stereocenters. The maximum Gasteiger partial charge on any atom is 0.0460 e. The van der Waals surface area contributed by atoms with Crippen molar-refractivity contribution in [2.75, 3.05) is 5.32 Å². The van der Waals surface area contributed by atoms with E-state index in [1.54, 1.807) is 0 Å². The molecule has 0 heterocycles. The Morgan fingerprint density at radius 3 is 2.65 bits per heavy atom. The van der Waals surface area contributed by atoms with E-state index in [1.807, 2.05) is 18.2 Å². The van der Waals surface area contributed by atoms with Gasteiger partial charge in [0.2, 0.25) is 0 Å². The van der Waals surface area contributed by atoms with E-state index in [0.717, 1.165) is 18.5 Å². The molecular weight excluding hydrogens is 206 g/mol. The summed E-state index contributed by atoms with van der Waals surface area (Å²) >= 11 is 0. The zero-order valence-corrected chi connectivity index (χ0v) is 9.69. The zero-order valence-electron chi connectivity index (χ0n) is 9.69.